The predicted octanol–water partition coefficient (Wildman–Crippen LogP) is 4.50. The van der Waals surface area contributed by atoms with E-state index >= 15 is 0 Å². The van der Waals surface area contributed by atoms with E-state index in [-0.39, 0.29) is 5.56 Å². The summed E-state index contributed by atoms with van der Waals surface area (Å²) in [5, 5.41) is 0.563. The zero-order valence-electron chi connectivity index (χ0n) is 18.0. The van der Waals surface area contributed by atoms with Gasteiger partial charge in [0.25, 0.3) is 5.56 Å². The molecule has 0 bridgehead atoms. The molecule has 0 spiro atoms. The Morgan fingerprint density at radius 2 is 1.52 bits per heavy atom. The number of rotatable bonds is 5. The van der Waals surface area contributed by atoms with E-state index in [4.69, 9.17) is 15.0 Å². The quantitative estimate of drug-likeness (QED) is 0.427. The third kappa shape index (κ3) is 3.38. The molecule has 0 aliphatic rings. The second-order valence-electron chi connectivity index (χ2n) is 8.44. The van der Waals surface area contributed by atoms with Gasteiger partial charge in [0, 0.05) is 13.1 Å². The number of nitrogens with zero attached hydrogens (tertiary/aromatic N) is 5. The first-order chi connectivity index (χ1) is 15.0. The van der Waals surface area contributed by atoms with Gasteiger partial charge in [-0.25, -0.2) is 15.0 Å². The van der Waals surface area contributed by atoms with Crippen molar-refractivity contribution in [2.24, 2.45) is 5.92 Å². The van der Waals surface area contributed by atoms with Gasteiger partial charge in [-0.1, -0.05) is 56.3 Å². The molecule has 0 saturated carbocycles. The fourth-order valence-corrected chi connectivity index (χ4v) is 4.18. The van der Waals surface area contributed by atoms with E-state index in [0.29, 0.717) is 34.8 Å². The van der Waals surface area contributed by atoms with Gasteiger partial charge in [0.2, 0.25) is 0 Å². The Hall–Kier alpha value is -3.54. The third-order valence-electron chi connectivity index (χ3n) is 5.66. The summed E-state index contributed by atoms with van der Waals surface area (Å²) in [6, 6.07) is 18.0. The highest BCUT2D eigenvalue weighted by Crippen LogP contribution is 2.26. The van der Waals surface area contributed by atoms with Gasteiger partial charge < -0.3 is 4.57 Å². The Morgan fingerprint density at radius 1 is 0.839 bits per heavy atom. The lowest BCUT2D eigenvalue weighted by molar-refractivity contribution is 0.539. The van der Waals surface area contributed by atoms with Crippen LogP contribution in [0.4, 0.5) is 0 Å². The van der Waals surface area contributed by atoms with Gasteiger partial charge in [0.05, 0.1) is 11.0 Å². The van der Waals surface area contributed by atoms with E-state index in [1.54, 1.807) is 4.57 Å². The number of fused-ring (bicyclic) bond motifs is 4. The van der Waals surface area contributed by atoms with Crippen LogP contribution in [-0.2, 0) is 19.5 Å². The van der Waals surface area contributed by atoms with Crippen molar-refractivity contribution in [3.05, 3.63) is 76.3 Å². The van der Waals surface area contributed by atoms with Gasteiger partial charge in [-0.15, -0.1) is 0 Å². The Balaban J connectivity index is 1.76. The lowest BCUT2D eigenvalue weighted by atomic mass is 10.1. The Morgan fingerprint density at radius 3 is 2.23 bits per heavy atom. The maximum absolute atomic E-state index is 13.7. The van der Waals surface area contributed by atoms with Gasteiger partial charge in [-0.2, -0.15) is 0 Å². The molecule has 0 amide bonds. The molecule has 0 unspecified atom stereocenters. The molecule has 0 aliphatic carbocycles. The first kappa shape index (κ1) is 19.4. The SMILES string of the molecule is Cc1nc2c(c(=O)n1CCc1ccccc1)c1nc3ccccc3nc1n2CC(C)C. The molecule has 156 valence electrons. The number of hydrogen-bond acceptors (Lipinski definition) is 4. The number of aryl methyl sites for hydroxylation is 2. The van der Waals surface area contributed by atoms with Crippen LogP contribution in [0.2, 0.25) is 0 Å². The minimum absolute atomic E-state index is 0.0458. The summed E-state index contributed by atoms with van der Waals surface area (Å²) in [5.74, 6) is 1.10. The van der Waals surface area contributed by atoms with Crippen LogP contribution in [0.3, 0.4) is 0 Å². The molecule has 0 radical (unpaired) electrons. The van der Waals surface area contributed by atoms with Gasteiger partial charge in [0.1, 0.15) is 16.7 Å². The average molecular weight is 412 g/mol. The van der Waals surface area contributed by atoms with E-state index in [9.17, 15) is 4.79 Å². The Bertz CT molecular complexity index is 1460. The fraction of sp³-hybridized carbons (Fsp3) is 0.280. The minimum atomic E-state index is -0.0458. The highest BCUT2D eigenvalue weighted by molar-refractivity contribution is 6.04. The van der Waals surface area contributed by atoms with Crippen molar-refractivity contribution in [2.45, 2.75) is 40.3 Å². The average Bonchev–Trinajstić information content (AvgIpc) is 3.04. The maximum Gasteiger partial charge on any atom is 0.265 e. The van der Waals surface area contributed by atoms with Crippen LogP contribution in [-0.4, -0.2) is 24.1 Å². The summed E-state index contributed by atoms with van der Waals surface area (Å²) in [6.45, 7) is 7.52. The van der Waals surface area contributed by atoms with Gasteiger partial charge in [-0.3, -0.25) is 9.36 Å². The molecule has 0 atom stereocenters. The molecule has 3 heterocycles. The molecule has 3 aromatic heterocycles. The highest BCUT2D eigenvalue weighted by atomic mass is 16.1. The summed E-state index contributed by atoms with van der Waals surface area (Å²) in [5.41, 5.74) is 4.81. The van der Waals surface area contributed by atoms with Crippen molar-refractivity contribution in [2.75, 3.05) is 0 Å². The van der Waals surface area contributed by atoms with Crippen LogP contribution in [0, 0.1) is 12.8 Å². The van der Waals surface area contributed by atoms with Gasteiger partial charge in [0.15, 0.2) is 11.3 Å². The lowest BCUT2D eigenvalue weighted by Gasteiger charge is -2.12. The van der Waals surface area contributed by atoms with Crippen molar-refractivity contribution in [3.8, 4) is 0 Å². The summed E-state index contributed by atoms with van der Waals surface area (Å²) in [4.78, 5) is 28.3. The second kappa shape index (κ2) is 7.61. The van der Waals surface area contributed by atoms with Crippen LogP contribution < -0.4 is 5.56 Å². The molecule has 2 aromatic carbocycles. The van der Waals surface area contributed by atoms with Crippen LogP contribution in [0.5, 0.6) is 0 Å². The third-order valence-corrected chi connectivity index (χ3v) is 5.66. The van der Waals surface area contributed by atoms with Crippen molar-refractivity contribution in [1.82, 2.24) is 24.1 Å². The number of hydrogen-bond donors (Lipinski definition) is 0. The molecule has 6 nitrogen and oxygen atoms in total. The first-order valence-corrected chi connectivity index (χ1v) is 10.7. The molecular formula is C25H25N5O. The molecular weight excluding hydrogens is 386 g/mol. The largest absolute Gasteiger partial charge is 0.308 e. The molecule has 0 aliphatic heterocycles. The van der Waals surface area contributed by atoms with E-state index < -0.39 is 0 Å². The smallest absolute Gasteiger partial charge is 0.265 e. The molecule has 0 fully saturated rings. The summed E-state index contributed by atoms with van der Waals surface area (Å²) in [6.07, 6.45) is 0.772. The summed E-state index contributed by atoms with van der Waals surface area (Å²) in [7, 11) is 0. The number of benzene rings is 2. The van der Waals surface area contributed by atoms with Crippen LogP contribution in [0.1, 0.15) is 25.2 Å². The first-order valence-electron chi connectivity index (χ1n) is 10.7. The van der Waals surface area contributed by atoms with Crippen LogP contribution in [0.15, 0.2) is 59.4 Å². The normalized spacial score (nSPS) is 11.9. The molecule has 5 aromatic rings. The van der Waals surface area contributed by atoms with E-state index in [2.05, 4.69) is 30.5 Å². The summed E-state index contributed by atoms with van der Waals surface area (Å²) >= 11 is 0. The second-order valence-corrected chi connectivity index (χ2v) is 8.44. The minimum Gasteiger partial charge on any atom is -0.308 e. The van der Waals surface area contributed by atoms with Crippen LogP contribution >= 0.6 is 0 Å². The number of aromatic nitrogens is 5. The topological polar surface area (TPSA) is 65.6 Å². The van der Waals surface area contributed by atoms with Crippen molar-refractivity contribution in [3.63, 3.8) is 0 Å². The Labute approximate surface area is 180 Å². The predicted molar refractivity (Wildman–Crippen MR) is 124 cm³/mol. The molecule has 31 heavy (non-hydrogen) atoms. The zero-order valence-corrected chi connectivity index (χ0v) is 18.0. The van der Waals surface area contributed by atoms with Gasteiger partial charge in [-0.05, 0) is 37.0 Å². The molecule has 0 N–H and O–H groups in total. The molecule has 5 rings (SSSR count). The fourth-order valence-electron chi connectivity index (χ4n) is 4.18. The van der Waals surface area contributed by atoms with Crippen LogP contribution in [0.25, 0.3) is 33.2 Å². The van der Waals surface area contributed by atoms with E-state index in [1.807, 2.05) is 49.4 Å². The monoisotopic (exact) mass is 411 g/mol. The summed E-state index contributed by atoms with van der Waals surface area (Å²) < 4.78 is 3.83. The highest BCUT2D eigenvalue weighted by Gasteiger charge is 2.21. The van der Waals surface area contributed by atoms with Crippen molar-refractivity contribution in [1.29, 1.82) is 0 Å². The molecule has 6 heteroatoms. The zero-order chi connectivity index (χ0) is 21.5. The standard InChI is InChI=1S/C25H25N5O/c1-16(2)15-30-23-21(22-24(30)28-20-12-8-7-11-19(20)27-22)25(31)29(17(3)26-23)14-13-18-9-5-4-6-10-18/h4-12,16H,13-15H2,1-3H3. The van der Waals surface area contributed by atoms with Gasteiger partial charge >= 0.3 is 0 Å². The van der Waals surface area contributed by atoms with E-state index in [1.165, 1.54) is 5.56 Å². The number of para-hydroxylation sites is 2. The Kier molecular flexibility index (Phi) is 4.77. The lowest BCUT2D eigenvalue weighted by Crippen LogP contribution is -2.25. The molecule has 0 saturated heterocycles. The maximum atomic E-state index is 13.7. The van der Waals surface area contributed by atoms with E-state index in [0.717, 1.165) is 29.6 Å². The van der Waals surface area contributed by atoms with Crippen molar-refractivity contribution >= 4 is 33.2 Å². The van der Waals surface area contributed by atoms with Crippen molar-refractivity contribution < 1.29 is 0 Å².